The average Bonchev–Trinajstić information content (AvgIpc) is 3.10. The van der Waals surface area contributed by atoms with Crippen molar-refractivity contribution in [2.75, 3.05) is 32.5 Å². The van der Waals surface area contributed by atoms with Gasteiger partial charge in [0.05, 0.1) is 19.2 Å². The standard InChI is InChI=1S/C23H25N3O8S/c1-23(21(29)24-31,35(2,32)33)9-10-25-13-17-12-16(7-8-19(17)20(25)28)6-4-3-5-11-34-22(30)26-14-18(27)15-26/h7-8,12,18,27,31H,9-11,13-15H2,1-2H3,(H,24,29). The molecule has 1 fully saturated rings. The molecule has 0 aliphatic carbocycles. The Morgan fingerprint density at radius 1 is 1.29 bits per heavy atom. The molecule has 1 saturated heterocycles. The minimum atomic E-state index is -3.87. The van der Waals surface area contributed by atoms with Crippen LogP contribution in [0.2, 0.25) is 0 Å². The molecule has 0 radical (unpaired) electrons. The van der Waals surface area contributed by atoms with E-state index in [9.17, 15) is 22.8 Å². The Balaban J connectivity index is 1.58. The van der Waals surface area contributed by atoms with E-state index in [0.29, 0.717) is 16.7 Å². The molecular formula is C23H25N3O8S. The number of β-amino-alcohol motifs (C(OH)–C–C–N with tert-alkyl or cyclic N) is 1. The lowest BCUT2D eigenvalue weighted by molar-refractivity contribution is -0.131. The number of aliphatic hydroxyl groups is 1. The summed E-state index contributed by atoms with van der Waals surface area (Å²) in [6.07, 6.45) is -0.338. The van der Waals surface area contributed by atoms with Gasteiger partial charge in [0.2, 0.25) is 0 Å². The first-order chi connectivity index (χ1) is 16.5. The second kappa shape index (κ2) is 10.4. The number of sulfone groups is 1. The molecule has 11 nitrogen and oxygen atoms in total. The zero-order valence-corrected chi connectivity index (χ0v) is 20.0. The SMILES string of the molecule is CC(CCN1Cc2cc(C#CC#CCOC(=O)N3CC(O)C3)ccc2C1=O)(C(=O)NO)S(C)(=O)=O. The van der Waals surface area contributed by atoms with Crippen LogP contribution in [0, 0.1) is 23.7 Å². The van der Waals surface area contributed by atoms with Crippen LogP contribution in [0.15, 0.2) is 18.2 Å². The number of likely N-dealkylation sites (tertiary alicyclic amines) is 1. The summed E-state index contributed by atoms with van der Waals surface area (Å²) in [5, 5.41) is 18.1. The molecule has 2 heterocycles. The van der Waals surface area contributed by atoms with Gasteiger partial charge in [0.15, 0.2) is 21.2 Å². The number of hydrogen-bond acceptors (Lipinski definition) is 8. The molecule has 0 bridgehead atoms. The van der Waals surface area contributed by atoms with E-state index >= 15 is 0 Å². The summed E-state index contributed by atoms with van der Waals surface area (Å²) in [4.78, 5) is 39.1. The predicted molar refractivity (Wildman–Crippen MR) is 123 cm³/mol. The molecule has 0 saturated carbocycles. The number of hydroxylamine groups is 1. The topological polar surface area (TPSA) is 154 Å². The Labute approximate surface area is 202 Å². The van der Waals surface area contributed by atoms with E-state index in [1.807, 2.05) is 0 Å². The number of ether oxygens (including phenoxy) is 1. The number of nitrogens with one attached hydrogen (secondary N) is 1. The average molecular weight is 504 g/mol. The lowest BCUT2D eigenvalue weighted by Gasteiger charge is -2.34. The van der Waals surface area contributed by atoms with E-state index in [1.54, 1.807) is 18.2 Å². The zero-order valence-electron chi connectivity index (χ0n) is 19.2. The maximum absolute atomic E-state index is 12.7. The highest BCUT2D eigenvalue weighted by Gasteiger charge is 2.44. The third-order valence-corrected chi connectivity index (χ3v) is 8.02. The minimum Gasteiger partial charge on any atom is -0.436 e. The van der Waals surface area contributed by atoms with Crippen LogP contribution in [-0.2, 0) is 25.9 Å². The van der Waals surface area contributed by atoms with Crippen molar-refractivity contribution in [2.45, 2.75) is 30.7 Å². The van der Waals surface area contributed by atoms with E-state index in [0.717, 1.165) is 6.26 Å². The number of amides is 3. The summed E-state index contributed by atoms with van der Waals surface area (Å²) < 4.78 is 27.3. The van der Waals surface area contributed by atoms with Crippen LogP contribution < -0.4 is 5.48 Å². The molecular weight excluding hydrogens is 478 g/mol. The molecule has 1 unspecified atom stereocenters. The summed E-state index contributed by atoms with van der Waals surface area (Å²) in [6, 6.07) is 5.01. The smallest absolute Gasteiger partial charge is 0.410 e. The van der Waals surface area contributed by atoms with Gasteiger partial charge in [-0.2, -0.15) is 0 Å². The zero-order chi connectivity index (χ0) is 25.8. The van der Waals surface area contributed by atoms with Crippen LogP contribution in [0.25, 0.3) is 0 Å². The molecule has 3 amide bonds. The van der Waals surface area contributed by atoms with Crippen molar-refractivity contribution < 1.29 is 37.9 Å². The molecule has 0 aromatic heterocycles. The molecule has 2 aliphatic rings. The first-order valence-corrected chi connectivity index (χ1v) is 12.5. The van der Waals surface area contributed by atoms with E-state index in [2.05, 4.69) is 23.7 Å². The maximum Gasteiger partial charge on any atom is 0.410 e. The summed E-state index contributed by atoms with van der Waals surface area (Å²) in [5.74, 6) is 9.32. The molecule has 2 aliphatic heterocycles. The lowest BCUT2D eigenvalue weighted by atomic mass is 10.1. The number of hydrogen-bond donors (Lipinski definition) is 3. The molecule has 3 rings (SSSR count). The molecule has 186 valence electrons. The third-order valence-electron chi connectivity index (χ3n) is 5.99. The lowest BCUT2D eigenvalue weighted by Crippen LogP contribution is -2.53. The Morgan fingerprint density at radius 3 is 2.63 bits per heavy atom. The van der Waals surface area contributed by atoms with Gasteiger partial charge in [-0.25, -0.2) is 18.7 Å². The van der Waals surface area contributed by atoms with Crippen LogP contribution >= 0.6 is 0 Å². The number of benzene rings is 1. The molecule has 3 N–H and O–H groups in total. The summed E-state index contributed by atoms with van der Waals surface area (Å²) >= 11 is 0. The second-order valence-corrected chi connectivity index (χ2v) is 10.9. The number of carbonyl (C=O) groups excluding carboxylic acids is 3. The van der Waals surface area contributed by atoms with Crippen molar-refractivity contribution in [3.05, 3.63) is 34.9 Å². The maximum atomic E-state index is 12.7. The van der Waals surface area contributed by atoms with Crippen LogP contribution in [0.1, 0.15) is 34.8 Å². The predicted octanol–water partition coefficient (Wildman–Crippen LogP) is -0.491. The van der Waals surface area contributed by atoms with Crippen LogP contribution in [-0.4, -0.2) is 89.8 Å². The van der Waals surface area contributed by atoms with Gasteiger partial charge >= 0.3 is 6.09 Å². The molecule has 1 aromatic carbocycles. The summed E-state index contributed by atoms with van der Waals surface area (Å²) in [6.45, 7) is 1.78. The Bertz CT molecular complexity index is 1260. The van der Waals surface area contributed by atoms with Crippen LogP contribution in [0.3, 0.4) is 0 Å². The van der Waals surface area contributed by atoms with E-state index < -0.39 is 32.7 Å². The fourth-order valence-corrected chi connectivity index (χ4v) is 4.39. The monoisotopic (exact) mass is 503 g/mol. The van der Waals surface area contributed by atoms with E-state index in [1.165, 1.54) is 22.2 Å². The van der Waals surface area contributed by atoms with Gasteiger partial charge in [0.1, 0.15) is 0 Å². The molecule has 1 atom stereocenters. The first kappa shape index (κ1) is 26.0. The number of aliphatic hydroxyl groups excluding tert-OH is 1. The first-order valence-electron chi connectivity index (χ1n) is 10.6. The largest absolute Gasteiger partial charge is 0.436 e. The van der Waals surface area contributed by atoms with Crippen molar-refractivity contribution in [1.29, 1.82) is 0 Å². The number of nitrogens with zero attached hydrogens (tertiary/aromatic N) is 2. The van der Waals surface area contributed by atoms with Gasteiger partial charge in [-0.3, -0.25) is 14.8 Å². The number of rotatable bonds is 6. The Morgan fingerprint density at radius 2 is 2.00 bits per heavy atom. The van der Waals surface area contributed by atoms with Gasteiger partial charge in [-0.05, 0) is 54.9 Å². The summed E-state index contributed by atoms with van der Waals surface area (Å²) in [7, 11) is -3.87. The van der Waals surface area contributed by atoms with E-state index in [4.69, 9.17) is 15.1 Å². The highest BCUT2D eigenvalue weighted by atomic mass is 32.2. The van der Waals surface area contributed by atoms with Gasteiger partial charge in [0, 0.05) is 30.5 Å². The number of fused-ring (bicyclic) bond motifs is 1. The van der Waals surface area contributed by atoms with E-state index in [-0.39, 0.29) is 45.1 Å². The summed E-state index contributed by atoms with van der Waals surface area (Å²) in [5.41, 5.74) is 3.16. The Hall–Kier alpha value is -3.58. The fourth-order valence-electron chi connectivity index (χ4n) is 3.55. The molecule has 12 heteroatoms. The normalized spacial score (nSPS) is 16.6. The van der Waals surface area contributed by atoms with Crippen LogP contribution in [0.5, 0.6) is 0 Å². The molecule has 1 aromatic rings. The quantitative estimate of drug-likeness (QED) is 0.267. The Kier molecular flexibility index (Phi) is 7.70. The van der Waals surface area contributed by atoms with Crippen LogP contribution in [0.4, 0.5) is 4.79 Å². The fraction of sp³-hybridized carbons (Fsp3) is 0.435. The van der Waals surface area contributed by atoms with Crippen molar-refractivity contribution >= 4 is 27.7 Å². The molecule has 0 spiro atoms. The highest BCUT2D eigenvalue weighted by molar-refractivity contribution is 7.92. The minimum absolute atomic E-state index is 0.00784. The number of carbonyl (C=O) groups is 3. The van der Waals surface area contributed by atoms with Gasteiger partial charge < -0.3 is 19.6 Å². The second-order valence-electron chi connectivity index (χ2n) is 8.46. The van der Waals surface area contributed by atoms with Gasteiger partial charge in [0.25, 0.3) is 11.8 Å². The van der Waals surface area contributed by atoms with Crippen molar-refractivity contribution in [2.24, 2.45) is 0 Å². The van der Waals surface area contributed by atoms with Gasteiger partial charge in [-0.1, -0.05) is 5.92 Å². The van der Waals surface area contributed by atoms with Crippen molar-refractivity contribution in [1.82, 2.24) is 15.3 Å². The van der Waals surface area contributed by atoms with Crippen molar-refractivity contribution in [3.8, 4) is 23.7 Å². The highest BCUT2D eigenvalue weighted by Crippen LogP contribution is 2.27. The van der Waals surface area contributed by atoms with Gasteiger partial charge in [-0.15, -0.1) is 0 Å². The third kappa shape index (κ3) is 5.74. The van der Waals surface area contributed by atoms with Crippen molar-refractivity contribution in [3.63, 3.8) is 0 Å². The molecule has 35 heavy (non-hydrogen) atoms.